The maximum atomic E-state index is 14.2. The molecule has 1 aliphatic heterocycles. The van der Waals surface area contributed by atoms with Crippen LogP contribution in [-0.4, -0.2) is 69.5 Å². The number of hydrazone groups is 1. The molecule has 1 unspecified atom stereocenters. The van der Waals surface area contributed by atoms with Crippen LogP contribution in [0.1, 0.15) is 33.9 Å². The summed E-state index contributed by atoms with van der Waals surface area (Å²) < 4.78 is 35.9. The summed E-state index contributed by atoms with van der Waals surface area (Å²) in [5.41, 5.74) is 1.97. The maximum Gasteiger partial charge on any atom is 0.262 e. The molecule has 1 heterocycles. The van der Waals surface area contributed by atoms with Crippen LogP contribution in [0.25, 0.3) is 0 Å². The van der Waals surface area contributed by atoms with Crippen LogP contribution in [0.2, 0.25) is 0 Å². The van der Waals surface area contributed by atoms with Crippen LogP contribution in [0, 0.1) is 5.82 Å². The highest BCUT2D eigenvalue weighted by molar-refractivity contribution is 6.05. The van der Waals surface area contributed by atoms with Crippen LogP contribution < -0.4 is 18.9 Å². The Morgan fingerprint density at radius 3 is 2.31 bits per heavy atom. The normalized spacial score (nSPS) is 14.5. The summed E-state index contributed by atoms with van der Waals surface area (Å²) in [6.45, 7) is -0.312. The molecule has 0 spiro atoms. The Morgan fingerprint density at radius 2 is 1.64 bits per heavy atom. The molecule has 4 rings (SSSR count). The van der Waals surface area contributed by atoms with E-state index >= 15 is 0 Å². The summed E-state index contributed by atoms with van der Waals surface area (Å²) >= 11 is 0. The van der Waals surface area contributed by atoms with Gasteiger partial charge in [0.1, 0.15) is 23.9 Å². The zero-order valence-electron chi connectivity index (χ0n) is 22.4. The predicted molar refractivity (Wildman–Crippen MR) is 143 cm³/mol. The molecule has 0 radical (unpaired) electrons. The van der Waals surface area contributed by atoms with Crippen molar-refractivity contribution in [2.45, 2.75) is 12.5 Å². The van der Waals surface area contributed by atoms with E-state index in [1.807, 2.05) is 12.1 Å². The molecule has 3 aromatic rings. The number of carbonyl (C=O) groups is 2. The van der Waals surface area contributed by atoms with Gasteiger partial charge in [0.2, 0.25) is 0 Å². The van der Waals surface area contributed by atoms with Crippen LogP contribution >= 0.6 is 0 Å². The average Bonchev–Trinajstić information content (AvgIpc) is 3.41. The maximum absolute atomic E-state index is 14.2. The average molecular weight is 536 g/mol. The smallest absolute Gasteiger partial charge is 0.262 e. The molecule has 0 N–H and O–H groups in total. The van der Waals surface area contributed by atoms with Gasteiger partial charge in [0.15, 0.2) is 11.5 Å². The number of nitrogens with zero attached hydrogens (tertiary/aromatic N) is 3. The number of rotatable bonds is 9. The van der Waals surface area contributed by atoms with E-state index in [4.69, 9.17) is 18.9 Å². The topological polar surface area (TPSA) is 89.9 Å². The van der Waals surface area contributed by atoms with E-state index < -0.39 is 23.7 Å². The van der Waals surface area contributed by atoms with E-state index in [1.54, 1.807) is 51.7 Å². The lowest BCUT2D eigenvalue weighted by Gasteiger charge is -2.25. The summed E-state index contributed by atoms with van der Waals surface area (Å²) in [5.74, 6) is 0.508. The minimum Gasteiger partial charge on any atom is -0.497 e. The molecule has 0 saturated carbocycles. The minimum absolute atomic E-state index is 0.113. The Bertz CT molecular complexity index is 1410. The van der Waals surface area contributed by atoms with Gasteiger partial charge in [-0.3, -0.25) is 9.59 Å². The van der Waals surface area contributed by atoms with Crippen molar-refractivity contribution < 1.29 is 32.9 Å². The largest absolute Gasteiger partial charge is 0.497 e. The lowest BCUT2D eigenvalue weighted by Crippen LogP contribution is -2.39. The van der Waals surface area contributed by atoms with Crippen LogP contribution in [0.15, 0.2) is 65.8 Å². The number of carbonyl (C=O) groups excluding carboxylic acids is 2. The summed E-state index contributed by atoms with van der Waals surface area (Å²) in [4.78, 5) is 27.6. The Balaban J connectivity index is 1.69. The molecule has 0 aromatic heterocycles. The van der Waals surface area contributed by atoms with Crippen molar-refractivity contribution in [2.75, 3.05) is 42.0 Å². The number of amides is 2. The SMILES string of the molecule is COc1ccc(C2=NN(C(=O)CN(C)C(=O)c3ccccc3F)C(c3ccc(OC)c(OC)c3)C2)c(OC)c1. The summed E-state index contributed by atoms with van der Waals surface area (Å²) in [5, 5.41) is 6.03. The van der Waals surface area contributed by atoms with Crippen molar-refractivity contribution in [3.8, 4) is 23.0 Å². The van der Waals surface area contributed by atoms with Crippen LogP contribution in [0.5, 0.6) is 23.0 Å². The van der Waals surface area contributed by atoms with Gasteiger partial charge in [0, 0.05) is 25.1 Å². The first kappa shape index (κ1) is 27.4. The third kappa shape index (κ3) is 5.64. The molecule has 39 heavy (non-hydrogen) atoms. The molecule has 3 aromatic carbocycles. The number of halogens is 1. The second-order valence-electron chi connectivity index (χ2n) is 8.83. The molecule has 1 atom stereocenters. The lowest BCUT2D eigenvalue weighted by atomic mass is 9.97. The van der Waals surface area contributed by atoms with Crippen molar-refractivity contribution >= 4 is 17.5 Å². The first-order valence-electron chi connectivity index (χ1n) is 12.1. The van der Waals surface area contributed by atoms with Crippen molar-refractivity contribution in [3.63, 3.8) is 0 Å². The van der Waals surface area contributed by atoms with Gasteiger partial charge in [-0.2, -0.15) is 5.10 Å². The van der Waals surface area contributed by atoms with Crippen LogP contribution in [0.3, 0.4) is 0 Å². The summed E-state index contributed by atoms with van der Waals surface area (Å²) in [7, 11) is 7.64. The number of benzene rings is 3. The van der Waals surface area contributed by atoms with Crippen LogP contribution in [-0.2, 0) is 4.79 Å². The van der Waals surface area contributed by atoms with Gasteiger partial charge in [-0.25, -0.2) is 9.40 Å². The summed E-state index contributed by atoms with van der Waals surface area (Å²) in [6.07, 6.45) is 0.370. The van der Waals surface area contributed by atoms with Crippen molar-refractivity contribution in [1.82, 2.24) is 9.91 Å². The highest BCUT2D eigenvalue weighted by Gasteiger charge is 2.35. The lowest BCUT2D eigenvalue weighted by molar-refractivity contribution is -0.133. The number of hydrogen-bond acceptors (Lipinski definition) is 7. The molecule has 0 aliphatic carbocycles. The second kappa shape index (κ2) is 11.8. The van der Waals surface area contributed by atoms with Gasteiger partial charge >= 0.3 is 0 Å². The predicted octanol–water partition coefficient (Wildman–Crippen LogP) is 4.31. The molecule has 1 aliphatic rings. The molecule has 0 fully saturated rings. The fourth-order valence-corrected chi connectivity index (χ4v) is 4.45. The highest BCUT2D eigenvalue weighted by atomic mass is 19.1. The van der Waals surface area contributed by atoms with Gasteiger partial charge in [-0.1, -0.05) is 18.2 Å². The van der Waals surface area contributed by atoms with Gasteiger partial charge in [0.05, 0.1) is 45.8 Å². The van der Waals surface area contributed by atoms with Gasteiger partial charge in [0.25, 0.3) is 11.8 Å². The van der Waals surface area contributed by atoms with E-state index in [2.05, 4.69) is 5.10 Å². The first-order chi connectivity index (χ1) is 18.8. The Morgan fingerprint density at radius 1 is 0.923 bits per heavy atom. The first-order valence-corrected chi connectivity index (χ1v) is 12.1. The van der Waals surface area contributed by atoms with Crippen molar-refractivity contribution in [2.24, 2.45) is 5.10 Å². The quantitative estimate of drug-likeness (QED) is 0.406. The Hall–Kier alpha value is -4.60. The van der Waals surface area contributed by atoms with E-state index in [0.29, 0.717) is 40.7 Å². The minimum atomic E-state index is -0.655. The van der Waals surface area contributed by atoms with Crippen molar-refractivity contribution in [1.29, 1.82) is 0 Å². The third-order valence-corrected chi connectivity index (χ3v) is 6.50. The fraction of sp³-hybridized carbons (Fsp3) is 0.276. The number of hydrogen-bond donors (Lipinski definition) is 0. The van der Waals surface area contributed by atoms with E-state index in [9.17, 15) is 14.0 Å². The van der Waals surface area contributed by atoms with Crippen LogP contribution in [0.4, 0.5) is 4.39 Å². The molecule has 2 amide bonds. The molecule has 204 valence electrons. The molecule has 10 heteroatoms. The molecular formula is C29H30FN3O6. The summed E-state index contributed by atoms with van der Waals surface area (Å²) in [6, 6.07) is 15.9. The van der Waals surface area contributed by atoms with Gasteiger partial charge < -0.3 is 23.8 Å². The van der Waals surface area contributed by atoms with Gasteiger partial charge in [-0.05, 0) is 42.0 Å². The second-order valence-corrected chi connectivity index (χ2v) is 8.83. The molecule has 0 bridgehead atoms. The molecular weight excluding hydrogens is 505 g/mol. The monoisotopic (exact) mass is 535 g/mol. The zero-order valence-corrected chi connectivity index (χ0v) is 22.4. The molecule has 0 saturated heterocycles. The standard InChI is InChI=1S/C29H30FN3O6/c1-32(29(35)20-8-6-7-9-22(20)30)17-28(34)33-24(18-10-13-25(37-3)27(14-18)39-5)16-23(31-33)21-12-11-19(36-2)15-26(21)38-4/h6-15,24H,16-17H2,1-5H3. The van der Waals surface area contributed by atoms with Gasteiger partial charge in [-0.15, -0.1) is 0 Å². The van der Waals surface area contributed by atoms with E-state index in [1.165, 1.54) is 42.3 Å². The highest BCUT2D eigenvalue weighted by Crippen LogP contribution is 2.39. The Kier molecular flexibility index (Phi) is 8.33. The Labute approximate surface area is 226 Å². The van der Waals surface area contributed by atoms with E-state index in [-0.39, 0.29) is 12.1 Å². The number of ether oxygens (including phenoxy) is 4. The van der Waals surface area contributed by atoms with Crippen molar-refractivity contribution in [3.05, 3.63) is 83.2 Å². The zero-order chi connectivity index (χ0) is 28.1. The fourth-order valence-electron chi connectivity index (χ4n) is 4.45. The number of methoxy groups -OCH3 is 4. The third-order valence-electron chi connectivity index (χ3n) is 6.50. The molecule has 9 nitrogen and oxygen atoms in total. The number of likely N-dealkylation sites (N-methyl/N-ethyl adjacent to an activating group) is 1. The van der Waals surface area contributed by atoms with E-state index in [0.717, 1.165) is 5.56 Å².